The Morgan fingerprint density at radius 2 is 1.89 bits per heavy atom. The van der Waals surface area contributed by atoms with E-state index < -0.39 is 35.0 Å². The summed E-state index contributed by atoms with van der Waals surface area (Å²) in [5.41, 5.74) is 1.33. The van der Waals surface area contributed by atoms with E-state index in [0.29, 0.717) is 0 Å². The number of rotatable bonds is 5. The molecule has 0 radical (unpaired) electrons. The molecule has 0 saturated carbocycles. The van der Waals surface area contributed by atoms with E-state index in [1.54, 1.807) is 4.90 Å². The van der Waals surface area contributed by atoms with Crippen LogP contribution in [0.1, 0.15) is 38.2 Å². The normalized spacial score (nSPS) is 17.7. The second-order valence-electron chi connectivity index (χ2n) is 6.99. The van der Waals surface area contributed by atoms with Crippen molar-refractivity contribution in [2.45, 2.75) is 32.6 Å². The van der Waals surface area contributed by atoms with E-state index in [1.165, 1.54) is 0 Å². The number of hydrogen-bond donors (Lipinski definition) is 1. The maximum absolute atomic E-state index is 13.8. The first-order valence-corrected chi connectivity index (χ1v) is 9.17. The summed E-state index contributed by atoms with van der Waals surface area (Å²) in [6.07, 6.45) is 0.865. The number of nitrogens with zero attached hydrogens (tertiary/aromatic N) is 1. The van der Waals surface area contributed by atoms with E-state index in [0.717, 1.165) is 29.8 Å². The zero-order chi connectivity index (χ0) is 20.4. The van der Waals surface area contributed by atoms with Gasteiger partial charge in [-0.3, -0.25) is 9.59 Å². The minimum atomic E-state index is -1.65. The van der Waals surface area contributed by atoms with E-state index in [1.807, 2.05) is 24.3 Å². The number of anilines is 2. The average molecular weight is 390 g/mol. The highest BCUT2D eigenvalue weighted by Crippen LogP contribution is 2.34. The summed E-state index contributed by atoms with van der Waals surface area (Å²) in [6.45, 7) is 4.26. The molecule has 0 spiro atoms. The second-order valence-corrected chi connectivity index (χ2v) is 6.99. The standard InChI is InChI=1S/C21H21F3N2O2/c1-3-12(2)14-6-4-5-7-17(14)26-11-13(10-18(26)27)21(28)25-16-9-8-15(22)19(23)20(16)24/h4-9,12-13H,3,10-11H2,1-2H3,(H,25,28). The van der Waals surface area contributed by atoms with Crippen LogP contribution in [0.2, 0.25) is 0 Å². The van der Waals surface area contributed by atoms with Gasteiger partial charge >= 0.3 is 0 Å². The van der Waals surface area contributed by atoms with Gasteiger partial charge in [-0.05, 0) is 36.1 Å². The van der Waals surface area contributed by atoms with Gasteiger partial charge in [-0.25, -0.2) is 13.2 Å². The van der Waals surface area contributed by atoms with Gasteiger partial charge in [0.25, 0.3) is 0 Å². The average Bonchev–Trinajstić information content (AvgIpc) is 3.09. The second kappa shape index (κ2) is 8.04. The van der Waals surface area contributed by atoms with Crippen molar-refractivity contribution in [3.8, 4) is 0 Å². The van der Waals surface area contributed by atoms with Gasteiger partial charge < -0.3 is 10.2 Å². The highest BCUT2D eigenvalue weighted by atomic mass is 19.2. The van der Waals surface area contributed by atoms with Crippen molar-refractivity contribution >= 4 is 23.2 Å². The van der Waals surface area contributed by atoms with Gasteiger partial charge in [-0.2, -0.15) is 0 Å². The van der Waals surface area contributed by atoms with Gasteiger partial charge in [0, 0.05) is 18.7 Å². The van der Waals surface area contributed by atoms with Crippen LogP contribution in [0.3, 0.4) is 0 Å². The number of benzene rings is 2. The third-order valence-electron chi connectivity index (χ3n) is 5.16. The van der Waals surface area contributed by atoms with E-state index in [4.69, 9.17) is 0 Å². The summed E-state index contributed by atoms with van der Waals surface area (Å²) < 4.78 is 40.2. The lowest BCUT2D eigenvalue weighted by atomic mass is 9.96. The first-order valence-electron chi connectivity index (χ1n) is 9.17. The summed E-state index contributed by atoms with van der Waals surface area (Å²) in [7, 11) is 0. The zero-order valence-electron chi connectivity index (χ0n) is 15.6. The van der Waals surface area contributed by atoms with Gasteiger partial charge in [0.2, 0.25) is 11.8 Å². The van der Waals surface area contributed by atoms with Crippen LogP contribution in [-0.4, -0.2) is 18.4 Å². The summed E-state index contributed by atoms with van der Waals surface area (Å²) >= 11 is 0. The van der Waals surface area contributed by atoms with Crippen molar-refractivity contribution in [2.75, 3.05) is 16.8 Å². The van der Waals surface area contributed by atoms with Crippen LogP contribution in [0.15, 0.2) is 36.4 Å². The molecular formula is C21H21F3N2O2. The van der Waals surface area contributed by atoms with Gasteiger partial charge in [-0.15, -0.1) is 0 Å². The van der Waals surface area contributed by atoms with Crippen LogP contribution >= 0.6 is 0 Å². The molecule has 148 valence electrons. The molecule has 2 amide bonds. The summed E-state index contributed by atoms with van der Waals surface area (Å²) in [5, 5.41) is 2.26. The Morgan fingerprint density at radius 1 is 1.18 bits per heavy atom. The predicted octanol–water partition coefficient (Wildman–Crippen LogP) is 4.61. The molecular weight excluding hydrogens is 369 g/mol. The first-order chi connectivity index (χ1) is 13.3. The number of nitrogens with one attached hydrogen (secondary N) is 1. The quantitative estimate of drug-likeness (QED) is 0.758. The molecule has 28 heavy (non-hydrogen) atoms. The zero-order valence-corrected chi connectivity index (χ0v) is 15.6. The largest absolute Gasteiger partial charge is 0.323 e. The lowest BCUT2D eigenvalue weighted by Gasteiger charge is -2.23. The topological polar surface area (TPSA) is 49.4 Å². The molecule has 1 aliphatic rings. The van der Waals surface area contributed by atoms with Crippen LogP contribution in [0, 0.1) is 23.4 Å². The molecule has 1 aliphatic heterocycles. The molecule has 1 fully saturated rings. The number of halogens is 3. The van der Waals surface area contributed by atoms with Crippen LogP contribution in [-0.2, 0) is 9.59 Å². The third-order valence-corrected chi connectivity index (χ3v) is 5.16. The SMILES string of the molecule is CCC(C)c1ccccc1N1CC(C(=O)Nc2ccc(F)c(F)c2F)CC1=O. The van der Waals surface area contributed by atoms with Crippen molar-refractivity contribution in [1.29, 1.82) is 0 Å². The molecule has 3 rings (SSSR count). The Hall–Kier alpha value is -2.83. The van der Waals surface area contributed by atoms with Crippen LogP contribution in [0.4, 0.5) is 24.5 Å². The van der Waals surface area contributed by atoms with E-state index in [2.05, 4.69) is 19.2 Å². The molecule has 7 heteroatoms. The Balaban J connectivity index is 1.78. The van der Waals surface area contributed by atoms with Gasteiger partial charge in [-0.1, -0.05) is 32.0 Å². The summed E-state index contributed by atoms with van der Waals surface area (Å²) in [6, 6.07) is 9.23. The molecule has 2 aromatic rings. The Labute approximate surface area is 161 Å². The van der Waals surface area contributed by atoms with Gasteiger partial charge in [0.1, 0.15) is 0 Å². The maximum atomic E-state index is 13.8. The molecule has 2 atom stereocenters. The molecule has 1 heterocycles. The number of carbonyl (C=O) groups is 2. The molecule has 0 aromatic heterocycles. The molecule has 0 aliphatic carbocycles. The van der Waals surface area contributed by atoms with Crippen molar-refractivity contribution in [2.24, 2.45) is 5.92 Å². The van der Waals surface area contributed by atoms with Gasteiger partial charge in [0.15, 0.2) is 17.5 Å². The number of amides is 2. The Bertz CT molecular complexity index is 917. The Kier molecular flexibility index (Phi) is 5.72. The lowest BCUT2D eigenvalue weighted by molar-refractivity contribution is -0.122. The number of para-hydroxylation sites is 1. The van der Waals surface area contributed by atoms with Gasteiger partial charge in [0.05, 0.1) is 11.6 Å². The predicted molar refractivity (Wildman–Crippen MR) is 101 cm³/mol. The molecule has 2 unspecified atom stereocenters. The fraction of sp³-hybridized carbons (Fsp3) is 0.333. The molecule has 1 saturated heterocycles. The van der Waals surface area contributed by atoms with Crippen LogP contribution in [0.25, 0.3) is 0 Å². The number of carbonyl (C=O) groups excluding carboxylic acids is 2. The minimum absolute atomic E-state index is 0.0357. The highest BCUT2D eigenvalue weighted by Gasteiger charge is 2.36. The fourth-order valence-electron chi connectivity index (χ4n) is 3.34. The first kappa shape index (κ1) is 19.9. The van der Waals surface area contributed by atoms with E-state index in [9.17, 15) is 22.8 Å². The fourth-order valence-corrected chi connectivity index (χ4v) is 3.34. The van der Waals surface area contributed by atoms with E-state index >= 15 is 0 Å². The highest BCUT2D eigenvalue weighted by molar-refractivity contribution is 6.04. The monoisotopic (exact) mass is 390 g/mol. The molecule has 0 bridgehead atoms. The molecule has 1 N–H and O–H groups in total. The smallest absolute Gasteiger partial charge is 0.229 e. The molecule has 2 aromatic carbocycles. The van der Waals surface area contributed by atoms with E-state index in [-0.39, 0.29) is 24.8 Å². The van der Waals surface area contributed by atoms with Crippen molar-refractivity contribution in [3.63, 3.8) is 0 Å². The summed E-state index contributed by atoms with van der Waals surface area (Å²) in [4.78, 5) is 26.6. The van der Waals surface area contributed by atoms with Crippen LogP contribution < -0.4 is 10.2 Å². The minimum Gasteiger partial charge on any atom is -0.323 e. The van der Waals surface area contributed by atoms with Crippen molar-refractivity contribution in [1.82, 2.24) is 0 Å². The molecule has 4 nitrogen and oxygen atoms in total. The number of hydrogen-bond acceptors (Lipinski definition) is 2. The van der Waals surface area contributed by atoms with Crippen molar-refractivity contribution < 1.29 is 22.8 Å². The third kappa shape index (κ3) is 3.74. The lowest BCUT2D eigenvalue weighted by Crippen LogP contribution is -2.29. The summed E-state index contributed by atoms with van der Waals surface area (Å²) in [5.74, 6) is -5.73. The Morgan fingerprint density at radius 3 is 2.61 bits per heavy atom. The van der Waals surface area contributed by atoms with Crippen molar-refractivity contribution in [3.05, 3.63) is 59.4 Å². The maximum Gasteiger partial charge on any atom is 0.229 e. The van der Waals surface area contributed by atoms with Crippen LogP contribution in [0.5, 0.6) is 0 Å².